The van der Waals surface area contributed by atoms with Gasteiger partial charge in [-0.05, 0) is 37.5 Å². The van der Waals surface area contributed by atoms with E-state index in [0.717, 1.165) is 28.9 Å². The molecule has 8 nitrogen and oxygen atoms in total. The smallest absolute Gasteiger partial charge is 0.262 e. The van der Waals surface area contributed by atoms with Gasteiger partial charge in [0.2, 0.25) is 5.78 Å². The summed E-state index contributed by atoms with van der Waals surface area (Å²) >= 11 is 1.61. The first-order chi connectivity index (χ1) is 16.2. The van der Waals surface area contributed by atoms with Crippen molar-refractivity contribution in [1.29, 1.82) is 0 Å². The molecule has 0 saturated heterocycles. The van der Waals surface area contributed by atoms with Gasteiger partial charge in [0.15, 0.2) is 5.16 Å². The Kier molecular flexibility index (Phi) is 4.98. The fourth-order valence-electron chi connectivity index (χ4n) is 4.29. The molecule has 0 unspecified atom stereocenters. The maximum atomic E-state index is 12.9. The van der Waals surface area contributed by atoms with Crippen molar-refractivity contribution in [3.8, 4) is 0 Å². The normalized spacial score (nSPS) is 13.8. The molecule has 0 spiro atoms. The summed E-state index contributed by atoms with van der Waals surface area (Å²) in [5, 5.41) is 19.4. The molecule has 2 aromatic carbocycles. The van der Waals surface area contributed by atoms with Crippen molar-refractivity contribution in [1.82, 2.24) is 33.9 Å². The Morgan fingerprint density at radius 1 is 0.939 bits per heavy atom. The summed E-state index contributed by atoms with van der Waals surface area (Å²) < 4.78 is 5.90. The molecule has 5 aromatic rings. The van der Waals surface area contributed by atoms with Crippen LogP contribution in [0.4, 0.5) is 0 Å². The van der Waals surface area contributed by atoms with Crippen molar-refractivity contribution in [3.05, 3.63) is 82.2 Å². The molecule has 3 aromatic heterocycles. The first kappa shape index (κ1) is 20.2. The molecule has 33 heavy (non-hydrogen) atoms. The molecule has 0 amide bonds. The van der Waals surface area contributed by atoms with E-state index in [2.05, 4.69) is 49.2 Å². The summed E-state index contributed by atoms with van der Waals surface area (Å²) in [6.07, 6.45) is 2.35. The molecule has 3 heterocycles. The van der Waals surface area contributed by atoms with Gasteiger partial charge < -0.3 is 4.57 Å². The highest BCUT2D eigenvalue weighted by molar-refractivity contribution is 7.98. The van der Waals surface area contributed by atoms with E-state index in [9.17, 15) is 4.79 Å². The topological polar surface area (TPSA) is 82.9 Å². The SMILES string of the molecule is CCn1c(=O)c2ccccc2n2c(CSc3nnc(C4CC4)n3Cc3ccccc3)nnc12. The van der Waals surface area contributed by atoms with Gasteiger partial charge in [-0.15, -0.1) is 20.4 Å². The van der Waals surface area contributed by atoms with Crippen molar-refractivity contribution >= 4 is 28.4 Å². The fourth-order valence-corrected chi connectivity index (χ4v) is 5.14. The molecule has 0 aliphatic heterocycles. The second kappa shape index (κ2) is 8.15. The van der Waals surface area contributed by atoms with Crippen LogP contribution in [0.1, 0.15) is 42.9 Å². The molecule has 166 valence electrons. The van der Waals surface area contributed by atoms with Crippen molar-refractivity contribution in [2.24, 2.45) is 0 Å². The van der Waals surface area contributed by atoms with Gasteiger partial charge in [0.05, 0.1) is 23.2 Å². The fraction of sp³-hybridized carbons (Fsp3) is 0.292. The molecule has 9 heteroatoms. The van der Waals surface area contributed by atoms with Gasteiger partial charge in [-0.1, -0.05) is 54.2 Å². The maximum Gasteiger partial charge on any atom is 0.262 e. The maximum absolute atomic E-state index is 12.9. The van der Waals surface area contributed by atoms with Crippen LogP contribution in [0, 0.1) is 0 Å². The summed E-state index contributed by atoms with van der Waals surface area (Å²) in [7, 11) is 0. The van der Waals surface area contributed by atoms with Crippen LogP contribution in [-0.2, 0) is 18.8 Å². The first-order valence-corrected chi connectivity index (χ1v) is 12.2. The molecular formula is C24H23N7OS. The Morgan fingerprint density at radius 2 is 1.73 bits per heavy atom. The monoisotopic (exact) mass is 457 g/mol. The highest BCUT2D eigenvalue weighted by Crippen LogP contribution is 2.40. The highest BCUT2D eigenvalue weighted by atomic mass is 32.2. The third-order valence-corrected chi connectivity index (χ3v) is 7.06. The van der Waals surface area contributed by atoms with Gasteiger partial charge in [-0.2, -0.15) is 0 Å². The largest absolute Gasteiger partial charge is 0.301 e. The number of thioether (sulfide) groups is 1. The van der Waals surface area contributed by atoms with Crippen LogP contribution >= 0.6 is 11.8 Å². The van der Waals surface area contributed by atoms with Crippen LogP contribution in [0.3, 0.4) is 0 Å². The van der Waals surface area contributed by atoms with E-state index in [1.54, 1.807) is 16.3 Å². The molecule has 6 rings (SSSR count). The zero-order chi connectivity index (χ0) is 22.4. The minimum absolute atomic E-state index is 0.0381. The second-order valence-corrected chi connectivity index (χ2v) is 9.24. The van der Waals surface area contributed by atoms with Gasteiger partial charge in [0.1, 0.15) is 11.6 Å². The standard InChI is InChI=1S/C24H23N7OS/c1-2-29-22(32)18-10-6-7-11-19(18)31-20(25-27-23(29)31)15-33-24-28-26-21(17-12-13-17)30(24)14-16-8-4-3-5-9-16/h3-11,17H,2,12-15H2,1H3. The summed E-state index contributed by atoms with van der Waals surface area (Å²) in [5.41, 5.74) is 2.02. The van der Waals surface area contributed by atoms with Crippen molar-refractivity contribution in [2.75, 3.05) is 0 Å². The number of hydrogen-bond acceptors (Lipinski definition) is 6. The molecule has 1 saturated carbocycles. The number of para-hydroxylation sites is 1. The van der Waals surface area contributed by atoms with Crippen LogP contribution in [0.25, 0.3) is 16.7 Å². The summed E-state index contributed by atoms with van der Waals surface area (Å²) in [4.78, 5) is 12.9. The number of benzene rings is 2. The zero-order valence-corrected chi connectivity index (χ0v) is 19.1. The second-order valence-electron chi connectivity index (χ2n) is 8.29. The van der Waals surface area contributed by atoms with Gasteiger partial charge in [0, 0.05) is 12.5 Å². The third kappa shape index (κ3) is 3.52. The van der Waals surface area contributed by atoms with Crippen LogP contribution in [-0.4, -0.2) is 33.9 Å². The molecule has 1 aliphatic carbocycles. The number of aryl methyl sites for hydroxylation is 1. The zero-order valence-electron chi connectivity index (χ0n) is 18.3. The van der Waals surface area contributed by atoms with E-state index < -0.39 is 0 Å². The average Bonchev–Trinajstić information content (AvgIpc) is 3.49. The van der Waals surface area contributed by atoms with Crippen LogP contribution in [0.2, 0.25) is 0 Å². The Labute approximate surface area is 194 Å². The number of aromatic nitrogens is 7. The summed E-state index contributed by atoms with van der Waals surface area (Å²) in [6.45, 7) is 3.24. The Bertz CT molecular complexity index is 1510. The predicted molar refractivity (Wildman–Crippen MR) is 128 cm³/mol. The summed E-state index contributed by atoms with van der Waals surface area (Å²) in [6, 6.07) is 18.0. The van der Waals surface area contributed by atoms with Crippen LogP contribution < -0.4 is 5.56 Å². The third-order valence-electron chi connectivity index (χ3n) is 6.09. The van der Waals surface area contributed by atoms with Gasteiger partial charge in [0.25, 0.3) is 5.56 Å². The molecule has 0 atom stereocenters. The predicted octanol–water partition coefficient (Wildman–Crippen LogP) is 3.87. The van der Waals surface area contributed by atoms with Crippen LogP contribution in [0.5, 0.6) is 0 Å². The number of rotatable bonds is 7. The first-order valence-electron chi connectivity index (χ1n) is 11.2. The minimum Gasteiger partial charge on any atom is -0.301 e. The quantitative estimate of drug-likeness (QED) is 0.345. The van der Waals surface area contributed by atoms with E-state index in [0.29, 0.717) is 29.4 Å². The van der Waals surface area contributed by atoms with Crippen molar-refractivity contribution in [3.63, 3.8) is 0 Å². The number of nitrogens with zero attached hydrogens (tertiary/aromatic N) is 7. The number of hydrogen-bond donors (Lipinski definition) is 0. The lowest BCUT2D eigenvalue weighted by atomic mass is 10.2. The van der Waals surface area contributed by atoms with Gasteiger partial charge in [-0.3, -0.25) is 13.8 Å². The highest BCUT2D eigenvalue weighted by Gasteiger charge is 2.30. The van der Waals surface area contributed by atoms with E-state index in [1.165, 1.54) is 18.4 Å². The molecule has 1 aliphatic rings. The average molecular weight is 458 g/mol. The van der Waals surface area contributed by atoms with Crippen molar-refractivity contribution in [2.45, 2.75) is 49.7 Å². The molecule has 0 N–H and O–H groups in total. The Hall–Kier alpha value is -3.46. The molecule has 0 bridgehead atoms. The molecular weight excluding hydrogens is 434 g/mol. The lowest BCUT2D eigenvalue weighted by Gasteiger charge is -2.11. The molecule has 1 fully saturated rings. The number of fused-ring (bicyclic) bond motifs is 3. The lowest BCUT2D eigenvalue weighted by molar-refractivity contribution is 0.667. The Morgan fingerprint density at radius 3 is 2.52 bits per heavy atom. The minimum atomic E-state index is -0.0381. The van der Waals surface area contributed by atoms with E-state index >= 15 is 0 Å². The lowest BCUT2D eigenvalue weighted by Crippen LogP contribution is -2.22. The summed E-state index contributed by atoms with van der Waals surface area (Å²) in [5.74, 6) is 3.51. The van der Waals surface area contributed by atoms with Crippen LogP contribution in [0.15, 0.2) is 64.5 Å². The molecule has 0 radical (unpaired) electrons. The van der Waals surface area contributed by atoms with E-state index in [4.69, 9.17) is 0 Å². The Balaban J connectivity index is 1.38. The van der Waals surface area contributed by atoms with E-state index in [1.807, 2.05) is 41.7 Å². The van der Waals surface area contributed by atoms with E-state index in [-0.39, 0.29) is 5.56 Å². The van der Waals surface area contributed by atoms with Gasteiger partial charge in [-0.25, -0.2) is 0 Å². The van der Waals surface area contributed by atoms with Gasteiger partial charge >= 0.3 is 0 Å². The van der Waals surface area contributed by atoms with Crippen molar-refractivity contribution < 1.29 is 0 Å².